The van der Waals surface area contributed by atoms with Crippen LogP contribution in [0.4, 0.5) is 0 Å². The van der Waals surface area contributed by atoms with Gasteiger partial charge in [-0.3, -0.25) is 4.79 Å². The molecule has 1 rings (SSSR count). The van der Waals surface area contributed by atoms with Crippen LogP contribution in [0.5, 0.6) is 5.75 Å². The van der Waals surface area contributed by atoms with E-state index in [1.807, 2.05) is 39.0 Å². The largest absolute Gasteiger partial charge is 0.494 e. The van der Waals surface area contributed by atoms with Gasteiger partial charge in [0, 0.05) is 24.6 Å². The average Bonchev–Trinajstić information content (AvgIpc) is 2.27. The number of halogens is 1. The maximum Gasteiger partial charge on any atom is 0.221 e. The molecule has 3 N–H and O–H groups in total. The summed E-state index contributed by atoms with van der Waals surface area (Å²) in [6.07, 6.45) is 0.343. The summed E-state index contributed by atoms with van der Waals surface area (Å²) >= 11 is 0. The third-order valence-electron chi connectivity index (χ3n) is 2.51. The molecule has 0 saturated carbocycles. The molecule has 4 nitrogen and oxygen atoms in total. The third kappa shape index (κ3) is 6.45. The zero-order valence-corrected chi connectivity index (χ0v) is 12.5. The van der Waals surface area contributed by atoms with E-state index in [4.69, 9.17) is 10.5 Å². The molecule has 19 heavy (non-hydrogen) atoms. The van der Waals surface area contributed by atoms with Crippen LogP contribution in [0, 0.1) is 6.92 Å². The molecule has 0 bridgehead atoms. The standard InChI is InChI=1S/C14H22N2O2.ClH/c1-4-18-13-7-10(2)5-6-12(13)9-16-14(17)8-11(3)15;/h5-7,11H,4,8-9,15H2,1-3H3,(H,16,17);1H. The first kappa shape index (κ1) is 17.7. The van der Waals surface area contributed by atoms with Crippen molar-refractivity contribution in [2.75, 3.05) is 6.61 Å². The number of rotatable bonds is 6. The van der Waals surface area contributed by atoms with Gasteiger partial charge in [0.1, 0.15) is 5.75 Å². The van der Waals surface area contributed by atoms with Crippen LogP contribution in [0.1, 0.15) is 31.4 Å². The van der Waals surface area contributed by atoms with Crippen molar-refractivity contribution in [1.29, 1.82) is 0 Å². The van der Waals surface area contributed by atoms with E-state index >= 15 is 0 Å². The van der Waals surface area contributed by atoms with Gasteiger partial charge >= 0.3 is 0 Å². The molecule has 0 spiro atoms. The highest BCUT2D eigenvalue weighted by atomic mass is 35.5. The maximum atomic E-state index is 11.5. The Hall–Kier alpha value is -1.26. The summed E-state index contributed by atoms with van der Waals surface area (Å²) in [4.78, 5) is 11.5. The number of benzene rings is 1. The predicted molar refractivity (Wildman–Crippen MR) is 79.7 cm³/mol. The minimum absolute atomic E-state index is 0. The lowest BCUT2D eigenvalue weighted by atomic mass is 10.1. The molecule has 1 unspecified atom stereocenters. The minimum atomic E-state index is -0.116. The molecule has 0 radical (unpaired) electrons. The van der Waals surface area contributed by atoms with Gasteiger partial charge in [0.05, 0.1) is 6.61 Å². The van der Waals surface area contributed by atoms with Crippen LogP contribution in [0.2, 0.25) is 0 Å². The SMILES string of the molecule is CCOc1cc(C)ccc1CNC(=O)CC(C)N.Cl. The second kappa shape index (κ2) is 8.77. The zero-order chi connectivity index (χ0) is 13.5. The number of carbonyl (C=O) groups is 1. The van der Waals surface area contributed by atoms with Crippen LogP contribution in [-0.2, 0) is 11.3 Å². The summed E-state index contributed by atoms with van der Waals surface area (Å²) in [5, 5.41) is 2.85. The van der Waals surface area contributed by atoms with Crippen molar-refractivity contribution >= 4 is 18.3 Å². The fourth-order valence-corrected chi connectivity index (χ4v) is 1.66. The Labute approximate surface area is 121 Å². The van der Waals surface area contributed by atoms with Crippen molar-refractivity contribution in [3.8, 4) is 5.75 Å². The van der Waals surface area contributed by atoms with Crippen LogP contribution >= 0.6 is 12.4 Å². The number of aryl methyl sites for hydroxylation is 1. The smallest absolute Gasteiger partial charge is 0.221 e. The van der Waals surface area contributed by atoms with Crippen LogP contribution < -0.4 is 15.8 Å². The quantitative estimate of drug-likeness (QED) is 0.842. The Balaban J connectivity index is 0.00000324. The number of hydrogen-bond donors (Lipinski definition) is 2. The van der Waals surface area contributed by atoms with Gasteiger partial charge in [0.15, 0.2) is 0 Å². The lowest BCUT2D eigenvalue weighted by molar-refractivity contribution is -0.121. The van der Waals surface area contributed by atoms with E-state index in [-0.39, 0.29) is 24.4 Å². The van der Waals surface area contributed by atoms with Gasteiger partial charge in [-0.1, -0.05) is 12.1 Å². The molecule has 0 aliphatic heterocycles. The molecule has 1 aromatic carbocycles. The summed E-state index contributed by atoms with van der Waals surface area (Å²) in [5.41, 5.74) is 7.70. The number of ether oxygens (including phenoxy) is 1. The van der Waals surface area contributed by atoms with Gasteiger partial charge in [-0.2, -0.15) is 0 Å². The zero-order valence-electron chi connectivity index (χ0n) is 11.7. The number of nitrogens with one attached hydrogen (secondary N) is 1. The fraction of sp³-hybridized carbons (Fsp3) is 0.500. The molecule has 0 aromatic heterocycles. The molecule has 5 heteroatoms. The van der Waals surface area contributed by atoms with Gasteiger partial charge in [0.2, 0.25) is 5.91 Å². The van der Waals surface area contributed by atoms with Crippen molar-refractivity contribution in [3.05, 3.63) is 29.3 Å². The Kier molecular flexibility index (Phi) is 8.19. The van der Waals surface area contributed by atoms with Gasteiger partial charge in [-0.15, -0.1) is 12.4 Å². The minimum Gasteiger partial charge on any atom is -0.494 e. The predicted octanol–water partition coefficient (Wildman–Crippen LogP) is 2.17. The van der Waals surface area contributed by atoms with E-state index in [0.29, 0.717) is 19.6 Å². The van der Waals surface area contributed by atoms with E-state index in [2.05, 4.69) is 5.32 Å². The fourth-order valence-electron chi connectivity index (χ4n) is 1.66. The first-order chi connectivity index (χ1) is 8.52. The molecule has 1 amide bonds. The monoisotopic (exact) mass is 286 g/mol. The lowest BCUT2D eigenvalue weighted by Crippen LogP contribution is -2.29. The van der Waals surface area contributed by atoms with Crippen LogP contribution in [-0.4, -0.2) is 18.6 Å². The summed E-state index contributed by atoms with van der Waals surface area (Å²) in [6, 6.07) is 5.85. The number of hydrogen-bond acceptors (Lipinski definition) is 3. The van der Waals surface area contributed by atoms with E-state index in [1.165, 1.54) is 0 Å². The van der Waals surface area contributed by atoms with E-state index in [9.17, 15) is 4.79 Å². The highest BCUT2D eigenvalue weighted by Gasteiger charge is 2.07. The van der Waals surface area contributed by atoms with Gasteiger partial charge in [-0.05, 0) is 32.4 Å². The molecule has 0 aliphatic rings. The van der Waals surface area contributed by atoms with Crippen LogP contribution in [0.25, 0.3) is 0 Å². The summed E-state index contributed by atoms with van der Waals surface area (Å²) in [7, 11) is 0. The first-order valence-corrected chi connectivity index (χ1v) is 6.27. The topological polar surface area (TPSA) is 64.3 Å². The molecule has 0 saturated heterocycles. The Morgan fingerprint density at radius 2 is 2.16 bits per heavy atom. The molecular formula is C14H23ClN2O2. The lowest BCUT2D eigenvalue weighted by Gasteiger charge is -2.12. The molecule has 1 atom stereocenters. The van der Waals surface area contributed by atoms with E-state index in [0.717, 1.165) is 16.9 Å². The van der Waals surface area contributed by atoms with Crippen LogP contribution in [0.3, 0.4) is 0 Å². The van der Waals surface area contributed by atoms with Crippen LogP contribution in [0.15, 0.2) is 18.2 Å². The average molecular weight is 287 g/mol. The molecule has 0 heterocycles. The summed E-state index contributed by atoms with van der Waals surface area (Å²) in [6.45, 7) is 6.87. The van der Waals surface area contributed by atoms with Gasteiger partial charge in [-0.25, -0.2) is 0 Å². The van der Waals surface area contributed by atoms with Crippen molar-refractivity contribution < 1.29 is 9.53 Å². The second-order valence-corrected chi connectivity index (χ2v) is 4.50. The van der Waals surface area contributed by atoms with Crippen molar-refractivity contribution in [2.24, 2.45) is 5.73 Å². The molecule has 108 valence electrons. The first-order valence-electron chi connectivity index (χ1n) is 6.27. The highest BCUT2D eigenvalue weighted by Crippen LogP contribution is 2.20. The Morgan fingerprint density at radius 3 is 2.74 bits per heavy atom. The molecule has 0 aliphatic carbocycles. The summed E-state index contributed by atoms with van der Waals surface area (Å²) < 4.78 is 5.56. The molecule has 1 aromatic rings. The molecule has 0 fully saturated rings. The number of carbonyl (C=O) groups excluding carboxylic acids is 1. The second-order valence-electron chi connectivity index (χ2n) is 4.50. The maximum absolute atomic E-state index is 11.5. The Morgan fingerprint density at radius 1 is 1.47 bits per heavy atom. The normalized spacial score (nSPS) is 11.4. The van der Waals surface area contributed by atoms with E-state index in [1.54, 1.807) is 0 Å². The van der Waals surface area contributed by atoms with Crippen molar-refractivity contribution in [2.45, 2.75) is 39.8 Å². The van der Waals surface area contributed by atoms with Gasteiger partial charge < -0.3 is 15.8 Å². The number of nitrogens with two attached hydrogens (primary N) is 1. The third-order valence-corrected chi connectivity index (χ3v) is 2.51. The Bertz CT molecular complexity index is 408. The van der Waals surface area contributed by atoms with E-state index < -0.39 is 0 Å². The summed E-state index contributed by atoms with van der Waals surface area (Å²) in [5.74, 6) is 0.798. The highest BCUT2D eigenvalue weighted by molar-refractivity contribution is 5.85. The van der Waals surface area contributed by atoms with Gasteiger partial charge in [0.25, 0.3) is 0 Å². The molecular weight excluding hydrogens is 264 g/mol. The number of amides is 1. The van der Waals surface area contributed by atoms with Crippen molar-refractivity contribution in [3.63, 3.8) is 0 Å². The van der Waals surface area contributed by atoms with Crippen molar-refractivity contribution in [1.82, 2.24) is 5.32 Å².